The third kappa shape index (κ3) is 3.86. The number of methoxy groups -OCH3 is 1. The summed E-state index contributed by atoms with van der Waals surface area (Å²) in [6.07, 6.45) is 6.77. The highest BCUT2D eigenvalue weighted by Crippen LogP contribution is 2.22. The molecule has 4 aromatic rings. The molecule has 8 nitrogen and oxygen atoms in total. The molecule has 0 fully saturated rings. The van der Waals surface area contributed by atoms with Crippen molar-refractivity contribution in [3.05, 3.63) is 67.0 Å². The van der Waals surface area contributed by atoms with Crippen molar-refractivity contribution in [1.29, 1.82) is 0 Å². The topological polar surface area (TPSA) is 94.1 Å². The molecule has 0 unspecified atom stereocenters. The van der Waals surface area contributed by atoms with Gasteiger partial charge in [0.15, 0.2) is 0 Å². The van der Waals surface area contributed by atoms with Gasteiger partial charge in [0, 0.05) is 36.8 Å². The molecule has 0 aliphatic heterocycles. The summed E-state index contributed by atoms with van der Waals surface area (Å²) >= 11 is 0. The highest BCUT2D eigenvalue weighted by atomic mass is 16.5. The second-order valence-corrected chi connectivity index (χ2v) is 6.12. The van der Waals surface area contributed by atoms with Gasteiger partial charge in [-0.25, -0.2) is 9.97 Å². The Labute approximate surface area is 161 Å². The largest absolute Gasteiger partial charge is 0.491 e. The average Bonchev–Trinajstić information content (AvgIpc) is 3.39. The number of H-pyrrole nitrogens is 1. The fourth-order valence-corrected chi connectivity index (χ4v) is 2.82. The van der Waals surface area contributed by atoms with Crippen molar-refractivity contribution in [3.8, 4) is 11.4 Å². The number of aromatic nitrogens is 4. The summed E-state index contributed by atoms with van der Waals surface area (Å²) < 4.78 is 12.6. The van der Waals surface area contributed by atoms with Crippen molar-refractivity contribution >= 4 is 22.6 Å². The number of benzene rings is 2. The molecule has 0 aliphatic carbocycles. The number of nitrogens with one attached hydrogen (secondary N) is 2. The molecule has 0 saturated heterocycles. The van der Waals surface area contributed by atoms with Gasteiger partial charge in [-0.15, -0.1) is 0 Å². The number of imidazole rings is 2. The van der Waals surface area contributed by atoms with Gasteiger partial charge in [-0.1, -0.05) is 0 Å². The van der Waals surface area contributed by atoms with E-state index in [1.807, 2.05) is 35.0 Å². The second-order valence-electron chi connectivity index (χ2n) is 6.12. The SMILES string of the molecule is COCCOc1cc(C(=O)Nc2ccc3nc[nH]c3c2)cc(-n2ccnc2)c1. The Balaban J connectivity index is 1.61. The number of amides is 1. The summed E-state index contributed by atoms with van der Waals surface area (Å²) in [5.74, 6) is 0.342. The molecule has 2 N–H and O–H groups in total. The molecule has 2 aromatic carbocycles. The van der Waals surface area contributed by atoms with E-state index >= 15 is 0 Å². The first-order chi connectivity index (χ1) is 13.7. The van der Waals surface area contributed by atoms with E-state index in [1.165, 1.54) is 0 Å². The van der Waals surface area contributed by atoms with Gasteiger partial charge in [-0.05, 0) is 30.3 Å². The van der Waals surface area contributed by atoms with Gasteiger partial charge < -0.3 is 24.3 Å². The molecule has 4 rings (SSSR count). The van der Waals surface area contributed by atoms with Gasteiger partial charge in [0.25, 0.3) is 5.91 Å². The number of fused-ring (bicyclic) bond motifs is 1. The molecule has 2 aromatic heterocycles. The Morgan fingerprint density at radius 2 is 2.14 bits per heavy atom. The number of hydrogen-bond acceptors (Lipinski definition) is 5. The zero-order valence-electron chi connectivity index (χ0n) is 15.3. The maximum atomic E-state index is 12.9. The normalized spacial score (nSPS) is 10.9. The highest BCUT2D eigenvalue weighted by Gasteiger charge is 2.12. The van der Waals surface area contributed by atoms with Crippen LogP contribution in [0, 0.1) is 0 Å². The smallest absolute Gasteiger partial charge is 0.255 e. The van der Waals surface area contributed by atoms with E-state index in [0.29, 0.717) is 30.2 Å². The molecule has 0 spiro atoms. The van der Waals surface area contributed by atoms with E-state index in [2.05, 4.69) is 20.3 Å². The van der Waals surface area contributed by atoms with Crippen LogP contribution in [0.15, 0.2) is 61.4 Å². The van der Waals surface area contributed by atoms with E-state index in [9.17, 15) is 4.79 Å². The minimum absolute atomic E-state index is 0.238. The minimum atomic E-state index is -0.238. The van der Waals surface area contributed by atoms with E-state index in [1.54, 1.807) is 38.1 Å². The van der Waals surface area contributed by atoms with E-state index in [0.717, 1.165) is 16.7 Å². The van der Waals surface area contributed by atoms with Crippen molar-refractivity contribution in [3.63, 3.8) is 0 Å². The predicted octanol–water partition coefficient (Wildman–Crippen LogP) is 3.03. The van der Waals surface area contributed by atoms with E-state index < -0.39 is 0 Å². The van der Waals surface area contributed by atoms with Gasteiger partial charge in [0.1, 0.15) is 12.4 Å². The molecule has 8 heteroatoms. The number of carbonyl (C=O) groups is 1. The lowest BCUT2D eigenvalue weighted by atomic mass is 10.1. The number of ether oxygens (including phenoxy) is 2. The first kappa shape index (κ1) is 17.7. The number of hydrogen-bond donors (Lipinski definition) is 2. The number of anilines is 1. The summed E-state index contributed by atoms with van der Waals surface area (Å²) in [5, 5.41) is 2.92. The zero-order chi connectivity index (χ0) is 19.3. The number of carbonyl (C=O) groups excluding carboxylic acids is 1. The number of rotatable bonds is 7. The zero-order valence-corrected chi connectivity index (χ0v) is 15.3. The van der Waals surface area contributed by atoms with Crippen LogP contribution in [0.2, 0.25) is 0 Å². The van der Waals surface area contributed by atoms with Crippen LogP contribution in [-0.2, 0) is 4.74 Å². The molecule has 0 saturated carbocycles. The molecule has 1 amide bonds. The van der Waals surface area contributed by atoms with Gasteiger partial charge >= 0.3 is 0 Å². The lowest BCUT2D eigenvalue weighted by Crippen LogP contribution is -2.13. The van der Waals surface area contributed by atoms with Crippen molar-refractivity contribution in [2.75, 3.05) is 25.6 Å². The predicted molar refractivity (Wildman–Crippen MR) is 105 cm³/mol. The van der Waals surface area contributed by atoms with Crippen molar-refractivity contribution < 1.29 is 14.3 Å². The third-order valence-electron chi connectivity index (χ3n) is 4.19. The average molecular weight is 377 g/mol. The van der Waals surface area contributed by atoms with Crippen LogP contribution >= 0.6 is 0 Å². The van der Waals surface area contributed by atoms with Gasteiger partial charge in [0.2, 0.25) is 0 Å². The lowest BCUT2D eigenvalue weighted by molar-refractivity contribution is 0.102. The molecule has 142 valence electrons. The summed E-state index contributed by atoms with van der Waals surface area (Å²) in [7, 11) is 1.61. The molecule has 0 radical (unpaired) electrons. The van der Waals surface area contributed by atoms with Crippen molar-refractivity contribution in [2.24, 2.45) is 0 Å². The van der Waals surface area contributed by atoms with Gasteiger partial charge in [-0.3, -0.25) is 4.79 Å². The fourth-order valence-electron chi connectivity index (χ4n) is 2.82. The van der Waals surface area contributed by atoms with Gasteiger partial charge in [0.05, 0.1) is 36.0 Å². The Kier molecular flexibility index (Phi) is 5.03. The summed E-state index contributed by atoms with van der Waals surface area (Å²) in [6, 6.07) is 10.9. The molecular formula is C20H19N5O3. The Morgan fingerprint density at radius 3 is 2.96 bits per heavy atom. The summed E-state index contributed by atoms with van der Waals surface area (Å²) in [5.41, 5.74) is 3.63. The Bertz CT molecular complexity index is 1090. The molecule has 28 heavy (non-hydrogen) atoms. The van der Waals surface area contributed by atoms with Crippen molar-refractivity contribution in [2.45, 2.75) is 0 Å². The third-order valence-corrected chi connectivity index (χ3v) is 4.19. The van der Waals surface area contributed by atoms with Crippen molar-refractivity contribution in [1.82, 2.24) is 19.5 Å². The van der Waals surface area contributed by atoms with Crippen LogP contribution in [0.4, 0.5) is 5.69 Å². The van der Waals surface area contributed by atoms with Crippen LogP contribution in [0.3, 0.4) is 0 Å². The molecule has 2 heterocycles. The minimum Gasteiger partial charge on any atom is -0.491 e. The first-order valence-electron chi connectivity index (χ1n) is 8.72. The Hall–Kier alpha value is -3.65. The first-order valence-corrected chi connectivity index (χ1v) is 8.72. The second kappa shape index (κ2) is 7.93. The highest BCUT2D eigenvalue weighted by molar-refractivity contribution is 6.05. The van der Waals surface area contributed by atoms with E-state index in [-0.39, 0.29) is 5.91 Å². The Morgan fingerprint density at radius 1 is 1.21 bits per heavy atom. The van der Waals surface area contributed by atoms with Crippen LogP contribution in [0.1, 0.15) is 10.4 Å². The standard InChI is InChI=1S/C20H19N5O3/c1-27-6-7-28-17-9-14(8-16(11-17)25-5-4-21-13-25)20(26)24-15-2-3-18-19(10-15)23-12-22-18/h2-5,8-13H,6-7H2,1H3,(H,22,23)(H,24,26). The molecular weight excluding hydrogens is 358 g/mol. The quantitative estimate of drug-likeness (QED) is 0.483. The number of aromatic amines is 1. The molecule has 0 aliphatic rings. The van der Waals surface area contributed by atoms with Crippen LogP contribution in [-0.4, -0.2) is 45.7 Å². The summed E-state index contributed by atoms with van der Waals surface area (Å²) in [6.45, 7) is 0.850. The summed E-state index contributed by atoms with van der Waals surface area (Å²) in [4.78, 5) is 24.1. The maximum absolute atomic E-state index is 12.9. The van der Waals surface area contributed by atoms with Crippen LogP contribution in [0.25, 0.3) is 16.7 Å². The molecule has 0 atom stereocenters. The van der Waals surface area contributed by atoms with Crippen LogP contribution < -0.4 is 10.1 Å². The fraction of sp³-hybridized carbons (Fsp3) is 0.150. The van der Waals surface area contributed by atoms with Gasteiger partial charge in [-0.2, -0.15) is 0 Å². The lowest BCUT2D eigenvalue weighted by Gasteiger charge is -2.12. The molecule has 0 bridgehead atoms. The monoisotopic (exact) mass is 377 g/mol. The van der Waals surface area contributed by atoms with E-state index in [4.69, 9.17) is 9.47 Å². The van der Waals surface area contributed by atoms with Crippen LogP contribution in [0.5, 0.6) is 5.75 Å². The number of nitrogens with zero attached hydrogens (tertiary/aromatic N) is 3. The maximum Gasteiger partial charge on any atom is 0.255 e.